The van der Waals surface area contributed by atoms with Crippen LogP contribution in [-0.4, -0.2) is 10.5 Å². The van der Waals surface area contributed by atoms with Gasteiger partial charge in [0.25, 0.3) is 0 Å². The molecule has 0 spiro atoms. The van der Waals surface area contributed by atoms with Gasteiger partial charge in [0.15, 0.2) is 0 Å². The average molecular weight is 246 g/mol. The first-order valence-corrected chi connectivity index (χ1v) is 6.76. The molecule has 17 heavy (non-hydrogen) atoms. The van der Waals surface area contributed by atoms with Gasteiger partial charge in [0.05, 0.1) is 4.75 Å². The van der Waals surface area contributed by atoms with Crippen molar-refractivity contribution in [2.24, 2.45) is 5.92 Å². The van der Waals surface area contributed by atoms with Crippen LogP contribution in [0, 0.1) is 5.92 Å². The van der Waals surface area contributed by atoms with Crippen LogP contribution in [0.1, 0.15) is 27.2 Å². The van der Waals surface area contributed by atoms with Crippen molar-refractivity contribution in [3.8, 4) is 0 Å². The SMILES string of the molecule is CC(C)=C[C@@H]1CC(=O)[C@]1(C)Sc1ccccc1. The molecule has 0 N–H and O–H groups in total. The molecule has 0 amide bonds. The second-order valence-corrected chi connectivity index (χ2v) is 6.52. The van der Waals surface area contributed by atoms with Crippen molar-refractivity contribution < 1.29 is 4.79 Å². The fraction of sp³-hybridized carbons (Fsp3) is 0.400. The molecule has 1 aromatic rings. The van der Waals surface area contributed by atoms with E-state index in [1.54, 1.807) is 11.8 Å². The minimum atomic E-state index is -0.265. The van der Waals surface area contributed by atoms with Gasteiger partial charge in [0.1, 0.15) is 5.78 Å². The van der Waals surface area contributed by atoms with Crippen molar-refractivity contribution in [1.82, 2.24) is 0 Å². The van der Waals surface area contributed by atoms with E-state index in [0.29, 0.717) is 18.1 Å². The monoisotopic (exact) mass is 246 g/mol. The van der Waals surface area contributed by atoms with E-state index in [1.165, 1.54) is 10.5 Å². The van der Waals surface area contributed by atoms with Crippen molar-refractivity contribution in [3.63, 3.8) is 0 Å². The molecule has 1 fully saturated rings. The summed E-state index contributed by atoms with van der Waals surface area (Å²) in [5.41, 5.74) is 1.29. The van der Waals surface area contributed by atoms with Crippen LogP contribution < -0.4 is 0 Å². The fourth-order valence-electron chi connectivity index (χ4n) is 2.16. The van der Waals surface area contributed by atoms with Gasteiger partial charge < -0.3 is 0 Å². The number of allylic oxidation sites excluding steroid dienone is 2. The molecule has 0 heterocycles. The van der Waals surface area contributed by atoms with Gasteiger partial charge in [-0.15, -0.1) is 11.8 Å². The summed E-state index contributed by atoms with van der Waals surface area (Å²) >= 11 is 1.70. The third-order valence-electron chi connectivity index (χ3n) is 3.27. The number of rotatable bonds is 3. The third kappa shape index (κ3) is 2.47. The van der Waals surface area contributed by atoms with Crippen LogP contribution in [0.3, 0.4) is 0 Å². The summed E-state index contributed by atoms with van der Waals surface area (Å²) in [5.74, 6) is 0.749. The van der Waals surface area contributed by atoms with E-state index in [1.807, 2.05) is 18.2 Å². The van der Waals surface area contributed by atoms with Gasteiger partial charge in [0, 0.05) is 17.2 Å². The maximum atomic E-state index is 11.9. The number of hydrogen-bond donors (Lipinski definition) is 0. The molecule has 0 saturated heterocycles. The molecule has 1 aromatic carbocycles. The highest BCUT2D eigenvalue weighted by atomic mass is 32.2. The van der Waals surface area contributed by atoms with E-state index in [9.17, 15) is 4.79 Å². The van der Waals surface area contributed by atoms with Gasteiger partial charge in [-0.05, 0) is 32.9 Å². The van der Waals surface area contributed by atoms with Gasteiger partial charge in [-0.1, -0.05) is 29.8 Å². The second kappa shape index (κ2) is 4.69. The quantitative estimate of drug-likeness (QED) is 0.747. The van der Waals surface area contributed by atoms with E-state index in [-0.39, 0.29) is 4.75 Å². The van der Waals surface area contributed by atoms with Gasteiger partial charge in [-0.2, -0.15) is 0 Å². The number of Topliss-reactive ketones (excluding diaryl/α,β-unsaturated/α-hetero) is 1. The topological polar surface area (TPSA) is 17.1 Å². The molecule has 2 heteroatoms. The second-order valence-electron chi connectivity index (χ2n) is 5.00. The molecule has 1 aliphatic rings. The maximum absolute atomic E-state index is 11.9. The minimum absolute atomic E-state index is 0.265. The predicted molar refractivity (Wildman–Crippen MR) is 73.2 cm³/mol. The van der Waals surface area contributed by atoms with Crippen molar-refractivity contribution in [3.05, 3.63) is 42.0 Å². The zero-order valence-corrected chi connectivity index (χ0v) is 11.4. The Labute approximate surface area is 107 Å². The number of hydrogen-bond acceptors (Lipinski definition) is 2. The summed E-state index contributed by atoms with van der Waals surface area (Å²) in [5, 5.41) is 0. The lowest BCUT2D eigenvalue weighted by Crippen LogP contribution is -2.50. The highest BCUT2D eigenvalue weighted by Crippen LogP contribution is 2.49. The lowest BCUT2D eigenvalue weighted by Gasteiger charge is -2.43. The lowest BCUT2D eigenvalue weighted by atomic mass is 9.72. The fourth-order valence-corrected chi connectivity index (χ4v) is 3.44. The molecule has 1 saturated carbocycles. The molecule has 1 aliphatic carbocycles. The van der Waals surface area contributed by atoms with Gasteiger partial charge in [-0.25, -0.2) is 0 Å². The normalized spacial score (nSPS) is 27.5. The first kappa shape index (κ1) is 12.4. The Morgan fingerprint density at radius 3 is 2.53 bits per heavy atom. The summed E-state index contributed by atoms with van der Waals surface area (Å²) in [7, 11) is 0. The van der Waals surface area contributed by atoms with E-state index < -0.39 is 0 Å². The molecule has 90 valence electrons. The van der Waals surface area contributed by atoms with Crippen LogP contribution in [0.4, 0.5) is 0 Å². The molecular weight excluding hydrogens is 228 g/mol. The van der Waals surface area contributed by atoms with E-state index in [2.05, 4.69) is 39.0 Å². The minimum Gasteiger partial charge on any atom is -0.298 e. The maximum Gasteiger partial charge on any atom is 0.150 e. The molecule has 2 rings (SSSR count). The Morgan fingerprint density at radius 2 is 2.00 bits per heavy atom. The number of carbonyl (C=O) groups excluding carboxylic acids is 1. The summed E-state index contributed by atoms with van der Waals surface area (Å²) in [6.07, 6.45) is 2.93. The smallest absolute Gasteiger partial charge is 0.150 e. The Kier molecular flexibility index (Phi) is 3.43. The summed E-state index contributed by atoms with van der Waals surface area (Å²) in [4.78, 5) is 13.1. The standard InChI is InChI=1S/C15H18OS/c1-11(2)9-12-10-14(16)15(12,3)17-13-7-5-4-6-8-13/h4-9,12H,10H2,1-3H3/t12-,15-/m1/s1. The zero-order valence-electron chi connectivity index (χ0n) is 10.6. The number of benzene rings is 1. The summed E-state index contributed by atoms with van der Waals surface area (Å²) in [6.45, 7) is 6.26. The lowest BCUT2D eigenvalue weighted by molar-refractivity contribution is -0.128. The van der Waals surface area contributed by atoms with Crippen LogP contribution in [-0.2, 0) is 4.79 Å². The van der Waals surface area contributed by atoms with Gasteiger partial charge in [-0.3, -0.25) is 4.79 Å². The molecule has 1 nitrogen and oxygen atoms in total. The van der Waals surface area contributed by atoms with Gasteiger partial charge in [0.2, 0.25) is 0 Å². The molecule has 0 aromatic heterocycles. The van der Waals surface area contributed by atoms with Crippen LogP contribution in [0.5, 0.6) is 0 Å². The molecule has 0 radical (unpaired) electrons. The van der Waals surface area contributed by atoms with Crippen molar-refractivity contribution >= 4 is 17.5 Å². The van der Waals surface area contributed by atoms with E-state index in [4.69, 9.17) is 0 Å². The number of thioether (sulfide) groups is 1. The largest absolute Gasteiger partial charge is 0.298 e. The number of carbonyl (C=O) groups is 1. The van der Waals surface area contributed by atoms with Crippen molar-refractivity contribution in [1.29, 1.82) is 0 Å². The first-order valence-electron chi connectivity index (χ1n) is 5.95. The zero-order chi connectivity index (χ0) is 12.5. The molecule has 2 atom stereocenters. The van der Waals surface area contributed by atoms with E-state index in [0.717, 1.165) is 0 Å². The highest BCUT2D eigenvalue weighted by Gasteiger charge is 2.50. The molecule has 0 unspecified atom stereocenters. The Balaban J connectivity index is 2.17. The molecule has 0 aliphatic heterocycles. The predicted octanol–water partition coefficient (Wildman–Crippen LogP) is 4.09. The Morgan fingerprint density at radius 1 is 1.35 bits per heavy atom. The Hall–Kier alpha value is -1.02. The summed E-state index contributed by atoms with van der Waals surface area (Å²) < 4.78 is -0.265. The average Bonchev–Trinajstić information content (AvgIpc) is 2.29. The van der Waals surface area contributed by atoms with Crippen LogP contribution in [0.25, 0.3) is 0 Å². The first-order chi connectivity index (χ1) is 8.02. The Bertz CT molecular complexity index is 445. The van der Waals surface area contributed by atoms with Crippen LogP contribution in [0.2, 0.25) is 0 Å². The van der Waals surface area contributed by atoms with Crippen LogP contribution in [0.15, 0.2) is 46.9 Å². The number of ketones is 1. The summed E-state index contributed by atoms with van der Waals surface area (Å²) in [6, 6.07) is 10.2. The third-order valence-corrected chi connectivity index (χ3v) is 4.74. The van der Waals surface area contributed by atoms with Crippen LogP contribution >= 0.6 is 11.8 Å². The van der Waals surface area contributed by atoms with Gasteiger partial charge >= 0.3 is 0 Å². The highest BCUT2D eigenvalue weighted by molar-refractivity contribution is 8.01. The van der Waals surface area contributed by atoms with E-state index >= 15 is 0 Å². The van der Waals surface area contributed by atoms with Crippen molar-refractivity contribution in [2.75, 3.05) is 0 Å². The van der Waals surface area contributed by atoms with Crippen molar-refractivity contribution in [2.45, 2.75) is 36.8 Å². The molecular formula is C15H18OS. The molecule has 0 bridgehead atoms.